The van der Waals surface area contributed by atoms with Crippen LogP contribution in [0.5, 0.6) is 0 Å². The number of aromatic amines is 1. The third-order valence-corrected chi connectivity index (χ3v) is 4.95. The number of hydrogen-bond acceptors (Lipinski definition) is 7. The summed E-state index contributed by atoms with van der Waals surface area (Å²) in [7, 11) is 0. The van der Waals surface area contributed by atoms with Gasteiger partial charge in [-0.2, -0.15) is 9.61 Å². The van der Waals surface area contributed by atoms with E-state index in [1.54, 1.807) is 18.5 Å². The van der Waals surface area contributed by atoms with Crippen molar-refractivity contribution in [3.05, 3.63) is 41.8 Å². The highest BCUT2D eigenvalue weighted by molar-refractivity contribution is 7.17. The van der Waals surface area contributed by atoms with Crippen LogP contribution in [0, 0.1) is 5.82 Å². The number of thiophene rings is 1. The van der Waals surface area contributed by atoms with E-state index in [1.807, 2.05) is 11.4 Å². The molecular weight excluding hydrogens is 343 g/mol. The maximum absolute atomic E-state index is 14.6. The van der Waals surface area contributed by atoms with Gasteiger partial charge in [-0.25, -0.2) is 14.5 Å². The molecule has 0 fully saturated rings. The fourth-order valence-corrected chi connectivity index (χ4v) is 3.79. The Labute approximate surface area is 143 Å². The van der Waals surface area contributed by atoms with Gasteiger partial charge in [-0.05, 0) is 33.3 Å². The lowest BCUT2D eigenvalue weighted by molar-refractivity contribution is 0.633. The van der Waals surface area contributed by atoms with Crippen molar-refractivity contribution < 1.29 is 4.39 Å². The lowest BCUT2D eigenvalue weighted by Crippen LogP contribution is -2.03. The van der Waals surface area contributed by atoms with E-state index in [9.17, 15) is 4.39 Å². The number of nitrogens with one attached hydrogen (secondary N) is 1. The summed E-state index contributed by atoms with van der Waals surface area (Å²) in [5.74, 6) is 0.374. The van der Waals surface area contributed by atoms with Gasteiger partial charge in [0.25, 0.3) is 0 Å². The molecule has 10 heteroatoms. The van der Waals surface area contributed by atoms with Crippen LogP contribution in [0.3, 0.4) is 0 Å². The van der Waals surface area contributed by atoms with Crippen LogP contribution in [0.15, 0.2) is 36.0 Å². The summed E-state index contributed by atoms with van der Waals surface area (Å²) >= 11 is 1.46. The molecule has 0 spiro atoms. The fourth-order valence-electron chi connectivity index (χ4n) is 2.84. The molecule has 4 heterocycles. The van der Waals surface area contributed by atoms with E-state index in [-0.39, 0.29) is 5.82 Å². The van der Waals surface area contributed by atoms with Crippen LogP contribution < -0.4 is 5.73 Å². The molecule has 0 unspecified atom stereocenters. The summed E-state index contributed by atoms with van der Waals surface area (Å²) < 4.78 is 16.8. The molecule has 0 aliphatic heterocycles. The molecule has 25 heavy (non-hydrogen) atoms. The van der Waals surface area contributed by atoms with Crippen molar-refractivity contribution >= 4 is 32.9 Å². The quantitative estimate of drug-likeness (QED) is 0.505. The summed E-state index contributed by atoms with van der Waals surface area (Å²) in [5, 5.41) is 20.7. The number of fused-ring (bicyclic) bond motifs is 2. The van der Waals surface area contributed by atoms with Gasteiger partial charge in [0.1, 0.15) is 11.6 Å². The Kier molecular flexibility index (Phi) is 2.82. The van der Waals surface area contributed by atoms with Crippen LogP contribution in [0.25, 0.3) is 38.2 Å². The van der Waals surface area contributed by atoms with E-state index >= 15 is 0 Å². The Morgan fingerprint density at radius 3 is 2.92 bits per heavy atom. The lowest BCUT2D eigenvalue weighted by atomic mass is 10.1. The maximum atomic E-state index is 14.6. The molecule has 0 saturated carbocycles. The molecular formula is C15H9FN8S. The topological polar surface area (TPSA) is 111 Å². The van der Waals surface area contributed by atoms with E-state index < -0.39 is 0 Å². The Hall–Kier alpha value is -3.40. The second kappa shape index (κ2) is 5.05. The minimum Gasteiger partial charge on any atom is -0.383 e. The van der Waals surface area contributed by atoms with Gasteiger partial charge in [0, 0.05) is 22.0 Å². The van der Waals surface area contributed by atoms with Crippen molar-refractivity contribution in [1.29, 1.82) is 0 Å². The highest BCUT2D eigenvalue weighted by Gasteiger charge is 2.19. The van der Waals surface area contributed by atoms with Gasteiger partial charge < -0.3 is 5.73 Å². The van der Waals surface area contributed by atoms with Gasteiger partial charge in [0.2, 0.25) is 0 Å². The zero-order chi connectivity index (χ0) is 17.0. The Morgan fingerprint density at radius 1 is 1.16 bits per heavy atom. The van der Waals surface area contributed by atoms with Crippen molar-refractivity contribution in [3.63, 3.8) is 0 Å². The van der Waals surface area contributed by atoms with Gasteiger partial charge >= 0.3 is 0 Å². The smallest absolute Gasteiger partial charge is 0.184 e. The van der Waals surface area contributed by atoms with Crippen molar-refractivity contribution in [2.24, 2.45) is 0 Å². The zero-order valence-corrected chi connectivity index (χ0v) is 13.3. The first-order chi connectivity index (χ1) is 12.2. The van der Waals surface area contributed by atoms with Crippen LogP contribution >= 0.6 is 11.3 Å². The van der Waals surface area contributed by atoms with Crippen molar-refractivity contribution in [2.45, 2.75) is 0 Å². The molecule has 122 valence electrons. The van der Waals surface area contributed by atoms with Gasteiger partial charge in [0.15, 0.2) is 11.5 Å². The predicted molar refractivity (Wildman–Crippen MR) is 91.3 cm³/mol. The first kappa shape index (κ1) is 14.0. The number of benzene rings is 1. The number of rotatable bonds is 2. The molecule has 3 N–H and O–H groups in total. The molecule has 5 aromatic rings. The third kappa shape index (κ3) is 1.94. The van der Waals surface area contributed by atoms with Crippen LogP contribution in [-0.4, -0.2) is 35.2 Å². The maximum Gasteiger partial charge on any atom is 0.184 e. The van der Waals surface area contributed by atoms with Gasteiger partial charge in [-0.1, -0.05) is 6.07 Å². The van der Waals surface area contributed by atoms with Crippen LogP contribution in [0.4, 0.5) is 10.2 Å². The average molecular weight is 352 g/mol. The minimum atomic E-state index is -0.352. The molecule has 1 aromatic carbocycles. The molecule has 4 aromatic heterocycles. The summed E-state index contributed by atoms with van der Waals surface area (Å²) in [6, 6.07) is 5.12. The van der Waals surface area contributed by atoms with Crippen molar-refractivity contribution in [2.75, 3.05) is 5.73 Å². The second-order valence-corrected chi connectivity index (χ2v) is 6.28. The van der Waals surface area contributed by atoms with Gasteiger partial charge in [-0.3, -0.25) is 0 Å². The third-order valence-electron chi connectivity index (χ3n) is 4.00. The number of anilines is 1. The second-order valence-electron chi connectivity index (χ2n) is 5.36. The molecule has 0 radical (unpaired) electrons. The first-order valence-electron chi connectivity index (χ1n) is 7.26. The Bertz CT molecular complexity index is 1220. The molecule has 0 saturated heterocycles. The highest BCUT2D eigenvalue weighted by atomic mass is 32.1. The average Bonchev–Trinajstić information content (AvgIpc) is 3.35. The molecule has 8 nitrogen and oxygen atoms in total. The largest absolute Gasteiger partial charge is 0.383 e. The Morgan fingerprint density at radius 2 is 2.08 bits per heavy atom. The van der Waals surface area contributed by atoms with E-state index in [1.165, 1.54) is 21.9 Å². The highest BCUT2D eigenvalue weighted by Crippen LogP contribution is 2.37. The minimum absolute atomic E-state index is 0.295. The molecule has 0 bridgehead atoms. The molecule has 0 atom stereocenters. The number of H-pyrrole nitrogens is 1. The first-order valence-corrected chi connectivity index (χ1v) is 8.14. The van der Waals surface area contributed by atoms with E-state index in [2.05, 4.69) is 30.7 Å². The predicted octanol–water partition coefficient (Wildman–Crippen LogP) is 2.51. The number of nitrogens with zero attached hydrogens (tertiary/aromatic N) is 6. The van der Waals surface area contributed by atoms with E-state index in [4.69, 9.17) is 5.73 Å². The van der Waals surface area contributed by atoms with Crippen LogP contribution in [0.1, 0.15) is 0 Å². The number of nitrogen functional groups attached to an aromatic ring is 1. The fraction of sp³-hybridized carbons (Fsp3) is 0. The number of halogens is 1. The molecule has 5 rings (SSSR count). The van der Waals surface area contributed by atoms with Gasteiger partial charge in [0.05, 0.1) is 11.8 Å². The van der Waals surface area contributed by atoms with Crippen LogP contribution in [-0.2, 0) is 0 Å². The lowest BCUT2D eigenvalue weighted by Gasteiger charge is -2.09. The molecule has 0 aliphatic carbocycles. The number of tetrazole rings is 1. The van der Waals surface area contributed by atoms with E-state index in [0.29, 0.717) is 34.0 Å². The summed E-state index contributed by atoms with van der Waals surface area (Å²) in [5.41, 5.74) is 8.29. The zero-order valence-electron chi connectivity index (χ0n) is 12.5. The summed E-state index contributed by atoms with van der Waals surface area (Å²) in [6.07, 6.45) is 3.12. The number of aromatic nitrogens is 7. The SMILES string of the molecule is Nc1c(-c2c(F)ccc3ccsc23)cnc2c(-c3nnn[nH]3)cnn12. The number of hydrogen-bond donors (Lipinski definition) is 2. The van der Waals surface area contributed by atoms with Gasteiger partial charge in [-0.15, -0.1) is 16.4 Å². The normalized spacial score (nSPS) is 11.6. The van der Waals surface area contributed by atoms with E-state index in [0.717, 1.165) is 10.1 Å². The summed E-state index contributed by atoms with van der Waals surface area (Å²) in [4.78, 5) is 4.41. The standard InChI is InChI=1S/C15H9FN8S/c16-10-2-1-7-3-4-25-12(7)11(10)8-5-18-15-9(14-20-22-23-21-14)6-19-24(15)13(8)17/h1-6H,17H2,(H,20,21,22,23). The molecule has 0 aliphatic rings. The van der Waals surface area contributed by atoms with Crippen molar-refractivity contribution in [3.8, 4) is 22.5 Å². The monoisotopic (exact) mass is 352 g/mol. The number of nitrogens with two attached hydrogens (primary N) is 1. The van der Waals surface area contributed by atoms with Crippen molar-refractivity contribution in [1.82, 2.24) is 35.2 Å². The molecule has 0 amide bonds. The van der Waals surface area contributed by atoms with Crippen LogP contribution in [0.2, 0.25) is 0 Å². The Balaban J connectivity index is 1.79. The summed E-state index contributed by atoms with van der Waals surface area (Å²) in [6.45, 7) is 0.